The van der Waals surface area contributed by atoms with Gasteiger partial charge in [-0.3, -0.25) is 0 Å². The van der Waals surface area contributed by atoms with Crippen LogP contribution >= 0.6 is 11.9 Å². The standard InChI is InChI=1S/C18H16N2O3S/c1-20(24-17-9-5-8-16(19-17)22-2)18(21)23-15-11-10-13-6-3-4-7-14(13)12-15/h3-12H,1-2H3. The molecule has 0 radical (unpaired) electrons. The molecule has 0 N–H and O–H groups in total. The lowest BCUT2D eigenvalue weighted by molar-refractivity contribution is 0.187. The van der Waals surface area contributed by atoms with Crippen LogP contribution in [0.2, 0.25) is 0 Å². The summed E-state index contributed by atoms with van der Waals surface area (Å²) in [4.78, 5) is 16.5. The largest absolute Gasteiger partial charge is 0.481 e. The smallest absolute Gasteiger partial charge is 0.425 e. The average molecular weight is 340 g/mol. The molecular weight excluding hydrogens is 324 g/mol. The summed E-state index contributed by atoms with van der Waals surface area (Å²) in [7, 11) is 3.18. The van der Waals surface area contributed by atoms with Crippen LogP contribution in [0.4, 0.5) is 4.79 Å². The van der Waals surface area contributed by atoms with Crippen molar-refractivity contribution in [2.24, 2.45) is 0 Å². The van der Waals surface area contributed by atoms with E-state index < -0.39 is 6.09 Å². The van der Waals surface area contributed by atoms with Crippen molar-refractivity contribution in [1.29, 1.82) is 0 Å². The molecule has 0 saturated heterocycles. The molecule has 1 heterocycles. The Morgan fingerprint density at radius 3 is 2.62 bits per heavy atom. The molecule has 0 fully saturated rings. The fraction of sp³-hybridized carbons (Fsp3) is 0.111. The van der Waals surface area contributed by atoms with Crippen LogP contribution in [-0.2, 0) is 0 Å². The van der Waals surface area contributed by atoms with Gasteiger partial charge in [0.25, 0.3) is 0 Å². The molecule has 3 rings (SSSR count). The van der Waals surface area contributed by atoms with Gasteiger partial charge in [-0.1, -0.05) is 36.4 Å². The molecule has 1 amide bonds. The SMILES string of the molecule is COc1cccc(SN(C)C(=O)Oc2ccc3ccccc3c2)n1. The van der Waals surface area contributed by atoms with Crippen molar-refractivity contribution < 1.29 is 14.3 Å². The van der Waals surface area contributed by atoms with E-state index in [9.17, 15) is 4.79 Å². The van der Waals surface area contributed by atoms with Crippen molar-refractivity contribution in [3.63, 3.8) is 0 Å². The molecule has 3 aromatic rings. The van der Waals surface area contributed by atoms with E-state index in [2.05, 4.69) is 4.98 Å². The van der Waals surface area contributed by atoms with Crippen molar-refractivity contribution in [2.75, 3.05) is 14.2 Å². The van der Waals surface area contributed by atoms with Crippen LogP contribution < -0.4 is 9.47 Å². The van der Waals surface area contributed by atoms with Gasteiger partial charge in [-0.2, -0.15) is 0 Å². The van der Waals surface area contributed by atoms with Crippen molar-refractivity contribution >= 4 is 28.8 Å². The Morgan fingerprint density at radius 2 is 1.83 bits per heavy atom. The van der Waals surface area contributed by atoms with Gasteiger partial charge in [0.05, 0.1) is 7.11 Å². The van der Waals surface area contributed by atoms with Crippen LogP contribution in [0.25, 0.3) is 10.8 Å². The molecule has 0 bridgehead atoms. The number of methoxy groups -OCH3 is 1. The van der Waals surface area contributed by atoms with Crippen molar-refractivity contribution in [3.8, 4) is 11.6 Å². The zero-order chi connectivity index (χ0) is 16.9. The number of amides is 1. The minimum Gasteiger partial charge on any atom is -0.481 e. The van der Waals surface area contributed by atoms with Crippen LogP contribution in [0, 0.1) is 0 Å². The predicted octanol–water partition coefficient (Wildman–Crippen LogP) is 4.38. The van der Waals surface area contributed by atoms with E-state index in [1.165, 1.54) is 16.3 Å². The van der Waals surface area contributed by atoms with Crippen LogP contribution in [0.1, 0.15) is 0 Å². The van der Waals surface area contributed by atoms with Crippen LogP contribution in [0.15, 0.2) is 65.7 Å². The lowest BCUT2D eigenvalue weighted by Crippen LogP contribution is -2.23. The first-order valence-corrected chi connectivity index (χ1v) is 8.06. The summed E-state index contributed by atoms with van der Waals surface area (Å²) in [5.41, 5.74) is 0. The summed E-state index contributed by atoms with van der Waals surface area (Å²) in [6.45, 7) is 0. The van der Waals surface area contributed by atoms with E-state index in [1.807, 2.05) is 42.5 Å². The van der Waals surface area contributed by atoms with Crippen LogP contribution in [-0.4, -0.2) is 29.5 Å². The number of nitrogens with zero attached hydrogens (tertiary/aromatic N) is 2. The monoisotopic (exact) mass is 340 g/mol. The molecule has 2 aromatic carbocycles. The average Bonchev–Trinajstić information content (AvgIpc) is 2.61. The number of rotatable bonds is 4. The van der Waals surface area contributed by atoms with Crippen molar-refractivity contribution in [1.82, 2.24) is 9.29 Å². The molecule has 5 nitrogen and oxygen atoms in total. The number of ether oxygens (including phenoxy) is 2. The highest BCUT2D eigenvalue weighted by Gasteiger charge is 2.14. The van der Waals surface area contributed by atoms with E-state index in [1.54, 1.807) is 32.4 Å². The molecular formula is C18H16N2O3S. The summed E-state index contributed by atoms with van der Waals surface area (Å²) >= 11 is 1.17. The van der Waals surface area contributed by atoms with E-state index in [4.69, 9.17) is 9.47 Å². The molecule has 0 saturated carbocycles. The van der Waals surface area contributed by atoms with E-state index in [0.29, 0.717) is 16.7 Å². The molecule has 1 aromatic heterocycles. The van der Waals surface area contributed by atoms with Crippen LogP contribution in [0.3, 0.4) is 0 Å². The maximum Gasteiger partial charge on any atom is 0.425 e. The van der Waals surface area contributed by atoms with Crippen LogP contribution in [0.5, 0.6) is 11.6 Å². The number of carbonyl (C=O) groups is 1. The maximum absolute atomic E-state index is 12.2. The van der Waals surface area contributed by atoms with Gasteiger partial charge in [-0.25, -0.2) is 14.1 Å². The Hall–Kier alpha value is -2.73. The third-order valence-corrected chi connectivity index (χ3v) is 4.16. The predicted molar refractivity (Wildman–Crippen MR) is 94.4 cm³/mol. The quantitative estimate of drug-likeness (QED) is 0.660. The molecule has 0 aliphatic carbocycles. The second-order valence-corrected chi connectivity index (χ2v) is 6.13. The van der Waals surface area contributed by atoms with E-state index in [-0.39, 0.29) is 0 Å². The first-order chi connectivity index (χ1) is 11.7. The van der Waals surface area contributed by atoms with Gasteiger partial charge in [-0.15, -0.1) is 0 Å². The Labute approximate surface area is 144 Å². The summed E-state index contributed by atoms with van der Waals surface area (Å²) < 4.78 is 11.9. The molecule has 6 heteroatoms. The molecule has 0 aliphatic rings. The highest BCUT2D eigenvalue weighted by Crippen LogP contribution is 2.24. The minimum atomic E-state index is -0.472. The van der Waals surface area contributed by atoms with Gasteiger partial charge in [0, 0.05) is 25.1 Å². The summed E-state index contributed by atoms with van der Waals surface area (Å²) in [5, 5.41) is 2.76. The number of aromatic nitrogens is 1. The first-order valence-electron chi connectivity index (χ1n) is 7.29. The zero-order valence-electron chi connectivity index (χ0n) is 13.3. The van der Waals surface area contributed by atoms with Gasteiger partial charge < -0.3 is 9.47 Å². The molecule has 24 heavy (non-hydrogen) atoms. The number of benzene rings is 2. The second-order valence-electron chi connectivity index (χ2n) is 4.98. The number of fused-ring (bicyclic) bond motifs is 1. The lowest BCUT2D eigenvalue weighted by atomic mass is 10.1. The topological polar surface area (TPSA) is 51.7 Å². The third-order valence-electron chi connectivity index (χ3n) is 3.32. The van der Waals surface area contributed by atoms with Gasteiger partial charge in [0.1, 0.15) is 10.8 Å². The van der Waals surface area contributed by atoms with E-state index >= 15 is 0 Å². The lowest BCUT2D eigenvalue weighted by Gasteiger charge is -2.15. The van der Waals surface area contributed by atoms with Crippen molar-refractivity contribution in [2.45, 2.75) is 5.03 Å². The fourth-order valence-corrected chi connectivity index (χ4v) is 2.80. The van der Waals surface area contributed by atoms with Gasteiger partial charge >= 0.3 is 6.09 Å². The summed E-state index contributed by atoms with van der Waals surface area (Å²) in [6, 6.07) is 18.8. The third kappa shape index (κ3) is 3.78. The number of hydrogen-bond donors (Lipinski definition) is 0. The number of carbonyl (C=O) groups excluding carboxylic acids is 1. The molecule has 0 aliphatic heterocycles. The minimum absolute atomic E-state index is 0.472. The summed E-state index contributed by atoms with van der Waals surface area (Å²) in [6.07, 6.45) is -0.472. The Morgan fingerprint density at radius 1 is 1.04 bits per heavy atom. The molecule has 0 unspecified atom stereocenters. The molecule has 0 spiro atoms. The fourth-order valence-electron chi connectivity index (χ4n) is 2.13. The van der Waals surface area contributed by atoms with Gasteiger partial charge in [0.15, 0.2) is 0 Å². The normalized spacial score (nSPS) is 10.4. The molecule has 122 valence electrons. The van der Waals surface area contributed by atoms with Crippen molar-refractivity contribution in [3.05, 3.63) is 60.7 Å². The maximum atomic E-state index is 12.2. The Bertz CT molecular complexity index is 870. The zero-order valence-corrected chi connectivity index (χ0v) is 14.1. The van der Waals surface area contributed by atoms with Gasteiger partial charge in [0.2, 0.25) is 5.88 Å². The highest BCUT2D eigenvalue weighted by molar-refractivity contribution is 7.97. The number of hydrogen-bond acceptors (Lipinski definition) is 5. The van der Waals surface area contributed by atoms with Gasteiger partial charge in [-0.05, 0) is 29.0 Å². The molecule has 0 atom stereocenters. The Kier molecular flexibility index (Phi) is 4.86. The summed E-state index contributed by atoms with van der Waals surface area (Å²) in [5.74, 6) is 1.00. The number of pyridine rings is 1. The first kappa shape index (κ1) is 16.1. The highest BCUT2D eigenvalue weighted by atomic mass is 32.2. The Balaban J connectivity index is 1.68. The second kappa shape index (κ2) is 7.23. The van der Waals surface area contributed by atoms with E-state index in [0.717, 1.165) is 10.8 Å².